The Labute approximate surface area is 174 Å². The van der Waals surface area contributed by atoms with Crippen LogP contribution in [0.3, 0.4) is 0 Å². The Hall–Kier alpha value is -3.42. The van der Waals surface area contributed by atoms with Crippen molar-refractivity contribution in [1.82, 2.24) is 15.1 Å². The van der Waals surface area contributed by atoms with E-state index in [4.69, 9.17) is 0 Å². The molecule has 30 heavy (non-hydrogen) atoms. The van der Waals surface area contributed by atoms with E-state index in [9.17, 15) is 18.8 Å². The molecule has 1 unspecified atom stereocenters. The van der Waals surface area contributed by atoms with Crippen LogP contribution in [0, 0.1) is 5.82 Å². The van der Waals surface area contributed by atoms with E-state index in [-0.39, 0.29) is 24.2 Å². The van der Waals surface area contributed by atoms with Crippen molar-refractivity contribution in [2.75, 3.05) is 37.6 Å². The Morgan fingerprint density at radius 3 is 2.33 bits per heavy atom. The molecule has 0 aliphatic carbocycles. The average Bonchev–Trinajstić information content (AvgIpc) is 3.02. The van der Waals surface area contributed by atoms with Gasteiger partial charge in [-0.3, -0.25) is 14.5 Å². The Bertz CT molecular complexity index is 944. The molecule has 1 N–H and O–H groups in total. The monoisotopic (exact) mass is 410 g/mol. The molecule has 4 amide bonds. The zero-order valence-corrected chi connectivity index (χ0v) is 16.5. The first kappa shape index (κ1) is 19.9. The first-order valence-electron chi connectivity index (χ1n) is 9.96. The van der Waals surface area contributed by atoms with Crippen molar-refractivity contribution in [3.05, 3.63) is 66.0 Å². The Balaban J connectivity index is 1.32. The lowest BCUT2D eigenvalue weighted by Gasteiger charge is -2.36. The molecule has 2 saturated heterocycles. The summed E-state index contributed by atoms with van der Waals surface area (Å²) in [4.78, 5) is 42.1. The summed E-state index contributed by atoms with van der Waals surface area (Å²) in [7, 11) is 0. The van der Waals surface area contributed by atoms with Crippen molar-refractivity contribution in [2.45, 2.75) is 12.5 Å². The summed E-state index contributed by atoms with van der Waals surface area (Å²) >= 11 is 0. The number of amides is 4. The Morgan fingerprint density at radius 2 is 1.63 bits per heavy atom. The maximum absolute atomic E-state index is 14.0. The summed E-state index contributed by atoms with van der Waals surface area (Å²) in [5.74, 6) is -0.963. The Kier molecular flexibility index (Phi) is 5.65. The lowest BCUT2D eigenvalue weighted by molar-refractivity contribution is -0.137. The summed E-state index contributed by atoms with van der Waals surface area (Å²) < 4.78 is 14.0. The van der Waals surface area contributed by atoms with Crippen molar-refractivity contribution in [2.24, 2.45) is 0 Å². The van der Waals surface area contributed by atoms with Crippen LogP contribution in [0.15, 0.2) is 54.6 Å². The molecule has 2 aliphatic rings. The highest BCUT2D eigenvalue weighted by atomic mass is 19.1. The van der Waals surface area contributed by atoms with Crippen LogP contribution in [-0.2, 0) is 16.0 Å². The van der Waals surface area contributed by atoms with Gasteiger partial charge in [-0.15, -0.1) is 0 Å². The zero-order chi connectivity index (χ0) is 21.1. The van der Waals surface area contributed by atoms with Crippen molar-refractivity contribution < 1.29 is 18.8 Å². The molecule has 0 saturated carbocycles. The van der Waals surface area contributed by atoms with E-state index in [1.54, 1.807) is 23.1 Å². The second-order valence-corrected chi connectivity index (χ2v) is 7.44. The number of hydrogen-bond acceptors (Lipinski definition) is 4. The third-order valence-corrected chi connectivity index (χ3v) is 5.51. The SMILES string of the molecule is O=C(CN1C(=O)NC(Cc2ccccc2)C1=O)N1CCN(c2ccccc2F)CC1. The van der Waals surface area contributed by atoms with Crippen molar-refractivity contribution >= 4 is 23.5 Å². The topological polar surface area (TPSA) is 73.0 Å². The van der Waals surface area contributed by atoms with Gasteiger partial charge in [0.25, 0.3) is 5.91 Å². The van der Waals surface area contributed by atoms with Crippen LogP contribution in [0.5, 0.6) is 0 Å². The number of hydrogen-bond donors (Lipinski definition) is 1. The molecule has 7 nitrogen and oxygen atoms in total. The number of nitrogens with one attached hydrogen (secondary N) is 1. The van der Waals surface area contributed by atoms with Crippen molar-refractivity contribution in [3.8, 4) is 0 Å². The molecule has 2 aromatic carbocycles. The average molecular weight is 410 g/mol. The number of carbonyl (C=O) groups excluding carboxylic acids is 3. The number of piperazine rings is 1. The minimum atomic E-state index is -0.661. The highest BCUT2D eigenvalue weighted by Gasteiger charge is 2.39. The molecule has 4 rings (SSSR count). The van der Waals surface area contributed by atoms with Crippen molar-refractivity contribution in [3.63, 3.8) is 0 Å². The lowest BCUT2D eigenvalue weighted by atomic mass is 10.1. The number of para-hydroxylation sites is 1. The fourth-order valence-corrected chi connectivity index (χ4v) is 3.85. The number of anilines is 1. The lowest BCUT2D eigenvalue weighted by Crippen LogP contribution is -2.52. The predicted octanol–water partition coefficient (Wildman–Crippen LogP) is 1.64. The number of halogens is 1. The molecule has 0 aromatic heterocycles. The van der Waals surface area contributed by atoms with E-state index in [0.29, 0.717) is 38.3 Å². The smallest absolute Gasteiger partial charge is 0.325 e. The van der Waals surface area contributed by atoms with Crippen molar-refractivity contribution in [1.29, 1.82) is 0 Å². The molecule has 0 spiro atoms. The number of nitrogens with zero attached hydrogens (tertiary/aromatic N) is 3. The van der Waals surface area contributed by atoms with Gasteiger partial charge in [0.1, 0.15) is 18.4 Å². The van der Waals surface area contributed by atoms with E-state index >= 15 is 0 Å². The predicted molar refractivity (Wildman–Crippen MR) is 109 cm³/mol. The van der Waals surface area contributed by atoms with Crippen LogP contribution in [0.2, 0.25) is 0 Å². The zero-order valence-electron chi connectivity index (χ0n) is 16.5. The quantitative estimate of drug-likeness (QED) is 0.761. The summed E-state index contributed by atoms with van der Waals surface area (Å²) in [5, 5.41) is 2.66. The van der Waals surface area contributed by atoms with Gasteiger partial charge in [-0.25, -0.2) is 9.18 Å². The summed E-state index contributed by atoms with van der Waals surface area (Å²) in [5.41, 5.74) is 1.45. The number of rotatable bonds is 5. The van der Waals surface area contributed by atoms with Gasteiger partial charge in [0.05, 0.1) is 5.69 Å². The highest BCUT2D eigenvalue weighted by Crippen LogP contribution is 2.20. The third-order valence-electron chi connectivity index (χ3n) is 5.51. The van der Waals surface area contributed by atoms with Crippen LogP contribution in [0.25, 0.3) is 0 Å². The molecular formula is C22H23FN4O3. The molecule has 8 heteroatoms. The molecule has 2 heterocycles. The van der Waals surface area contributed by atoms with Gasteiger partial charge in [-0.1, -0.05) is 42.5 Å². The summed E-state index contributed by atoms with van der Waals surface area (Å²) in [6.07, 6.45) is 0.386. The second kappa shape index (κ2) is 8.52. The van der Waals surface area contributed by atoms with Gasteiger partial charge in [0, 0.05) is 32.6 Å². The molecule has 2 aromatic rings. The number of carbonyl (C=O) groups is 3. The number of imide groups is 1. The molecule has 1 atom stereocenters. The number of benzene rings is 2. The van der Waals surface area contributed by atoms with Gasteiger partial charge in [0.15, 0.2) is 0 Å². The van der Waals surface area contributed by atoms with Crippen LogP contribution in [-0.4, -0.2) is 66.4 Å². The van der Waals surface area contributed by atoms with Gasteiger partial charge in [-0.05, 0) is 17.7 Å². The molecule has 156 valence electrons. The van der Waals surface area contributed by atoms with Crippen LogP contribution in [0.4, 0.5) is 14.9 Å². The standard InChI is InChI=1S/C22H23FN4O3/c23-17-8-4-5-9-19(17)25-10-12-26(13-11-25)20(28)15-27-21(29)18(24-22(27)30)14-16-6-2-1-3-7-16/h1-9,18H,10-15H2,(H,24,30). The van der Waals surface area contributed by atoms with Crippen LogP contribution in [0.1, 0.15) is 5.56 Å². The molecule has 0 bridgehead atoms. The van der Waals surface area contributed by atoms with E-state index in [1.807, 2.05) is 35.2 Å². The minimum absolute atomic E-state index is 0.282. The van der Waals surface area contributed by atoms with E-state index < -0.39 is 12.1 Å². The van der Waals surface area contributed by atoms with E-state index in [2.05, 4.69) is 5.32 Å². The van der Waals surface area contributed by atoms with Crippen LogP contribution < -0.4 is 10.2 Å². The molecule has 0 radical (unpaired) electrons. The molecule has 2 aliphatic heterocycles. The minimum Gasteiger partial charge on any atom is -0.366 e. The first-order chi connectivity index (χ1) is 14.5. The summed E-state index contributed by atoms with van der Waals surface area (Å²) in [6, 6.07) is 14.8. The van der Waals surface area contributed by atoms with Gasteiger partial charge in [-0.2, -0.15) is 0 Å². The fraction of sp³-hybridized carbons (Fsp3) is 0.318. The normalized spacial score (nSPS) is 19.2. The third kappa shape index (κ3) is 4.12. The van der Waals surface area contributed by atoms with Crippen LogP contribution >= 0.6 is 0 Å². The van der Waals surface area contributed by atoms with E-state index in [1.165, 1.54) is 6.07 Å². The first-order valence-corrected chi connectivity index (χ1v) is 9.96. The Morgan fingerprint density at radius 1 is 0.967 bits per heavy atom. The maximum atomic E-state index is 14.0. The van der Waals surface area contributed by atoms with Gasteiger partial charge >= 0.3 is 6.03 Å². The number of urea groups is 1. The van der Waals surface area contributed by atoms with Gasteiger partial charge < -0.3 is 15.1 Å². The largest absolute Gasteiger partial charge is 0.366 e. The maximum Gasteiger partial charge on any atom is 0.325 e. The molecule has 2 fully saturated rings. The highest BCUT2D eigenvalue weighted by molar-refractivity contribution is 6.06. The molecular weight excluding hydrogens is 387 g/mol. The fourth-order valence-electron chi connectivity index (χ4n) is 3.85. The van der Waals surface area contributed by atoms with E-state index in [0.717, 1.165) is 10.5 Å². The summed E-state index contributed by atoms with van der Waals surface area (Å²) in [6.45, 7) is 1.51. The second-order valence-electron chi connectivity index (χ2n) is 7.44. The van der Waals surface area contributed by atoms with Gasteiger partial charge in [0.2, 0.25) is 5.91 Å².